The van der Waals surface area contributed by atoms with Gasteiger partial charge in [0.25, 0.3) is 5.91 Å². The van der Waals surface area contributed by atoms with Gasteiger partial charge in [-0.25, -0.2) is 9.97 Å². The van der Waals surface area contributed by atoms with E-state index in [0.29, 0.717) is 23.1 Å². The number of amides is 1. The van der Waals surface area contributed by atoms with Gasteiger partial charge >= 0.3 is 0 Å². The van der Waals surface area contributed by atoms with Crippen LogP contribution in [0, 0.1) is 6.92 Å². The molecular weight excluding hydrogens is 280 g/mol. The lowest BCUT2D eigenvalue weighted by molar-refractivity contribution is 0.102. The van der Waals surface area contributed by atoms with E-state index in [1.54, 1.807) is 19.4 Å². The average Bonchev–Trinajstić information content (AvgIpc) is 2.53. The van der Waals surface area contributed by atoms with E-state index >= 15 is 0 Å². The Morgan fingerprint density at radius 3 is 2.86 bits per heavy atom. The summed E-state index contributed by atoms with van der Waals surface area (Å²) in [6, 6.07) is 7.17. The van der Waals surface area contributed by atoms with Crippen molar-refractivity contribution < 1.29 is 9.53 Å². The van der Waals surface area contributed by atoms with E-state index in [1.807, 2.05) is 32.0 Å². The molecule has 1 amide bonds. The molecule has 6 nitrogen and oxygen atoms in total. The van der Waals surface area contributed by atoms with Gasteiger partial charge in [0.05, 0.1) is 12.8 Å². The molecule has 0 aliphatic heterocycles. The van der Waals surface area contributed by atoms with E-state index in [0.717, 1.165) is 18.5 Å². The first-order valence-corrected chi connectivity index (χ1v) is 7.17. The number of hydrogen-bond acceptors (Lipinski definition) is 5. The Hall–Kier alpha value is -2.63. The molecule has 1 aromatic heterocycles. The number of aryl methyl sites for hydroxylation is 1. The van der Waals surface area contributed by atoms with Crippen molar-refractivity contribution in [1.29, 1.82) is 0 Å². The Bertz CT molecular complexity index is 658. The molecule has 0 bridgehead atoms. The van der Waals surface area contributed by atoms with Crippen molar-refractivity contribution in [3.63, 3.8) is 0 Å². The van der Waals surface area contributed by atoms with E-state index in [4.69, 9.17) is 4.74 Å². The molecule has 2 rings (SSSR count). The number of hydrogen-bond donors (Lipinski definition) is 2. The molecule has 0 atom stereocenters. The fraction of sp³-hybridized carbons (Fsp3) is 0.312. The fourth-order valence-corrected chi connectivity index (χ4v) is 1.91. The molecule has 1 heterocycles. The highest BCUT2D eigenvalue weighted by Gasteiger charge is 2.12. The normalized spacial score (nSPS) is 10.1. The molecule has 0 aliphatic carbocycles. The highest BCUT2D eigenvalue weighted by molar-refractivity contribution is 6.03. The summed E-state index contributed by atoms with van der Waals surface area (Å²) in [4.78, 5) is 20.6. The molecule has 0 radical (unpaired) electrons. The maximum absolute atomic E-state index is 12.3. The standard InChI is InChI=1S/C16H20N4O2/c1-4-8-17-16-18-9-7-12(20-16)15(21)19-13-10-11(2)5-6-14(13)22-3/h5-7,9-10H,4,8H2,1-3H3,(H,19,21)(H,17,18,20). The summed E-state index contributed by atoms with van der Waals surface area (Å²) in [7, 11) is 1.57. The minimum absolute atomic E-state index is 0.300. The van der Waals surface area contributed by atoms with Gasteiger partial charge < -0.3 is 15.4 Å². The van der Waals surface area contributed by atoms with Crippen LogP contribution in [0.2, 0.25) is 0 Å². The second kappa shape index (κ2) is 7.40. The van der Waals surface area contributed by atoms with Gasteiger partial charge in [-0.05, 0) is 37.1 Å². The summed E-state index contributed by atoms with van der Waals surface area (Å²) >= 11 is 0. The minimum atomic E-state index is -0.300. The van der Waals surface area contributed by atoms with Crippen LogP contribution < -0.4 is 15.4 Å². The van der Waals surface area contributed by atoms with Crippen molar-refractivity contribution in [3.8, 4) is 5.75 Å². The number of rotatable bonds is 6. The van der Waals surface area contributed by atoms with Gasteiger partial charge in [0.15, 0.2) is 0 Å². The zero-order chi connectivity index (χ0) is 15.9. The monoisotopic (exact) mass is 300 g/mol. The maximum Gasteiger partial charge on any atom is 0.274 e. The van der Waals surface area contributed by atoms with Crippen molar-refractivity contribution in [1.82, 2.24) is 9.97 Å². The van der Waals surface area contributed by atoms with Gasteiger partial charge in [-0.3, -0.25) is 4.79 Å². The number of methoxy groups -OCH3 is 1. The van der Waals surface area contributed by atoms with Crippen LogP contribution in [0.1, 0.15) is 29.4 Å². The van der Waals surface area contributed by atoms with Crippen molar-refractivity contribution in [2.75, 3.05) is 24.3 Å². The Kier molecular flexibility index (Phi) is 5.30. The van der Waals surface area contributed by atoms with Gasteiger partial charge in [-0.1, -0.05) is 13.0 Å². The lowest BCUT2D eigenvalue weighted by Crippen LogP contribution is -2.16. The molecule has 0 unspecified atom stereocenters. The number of aromatic nitrogens is 2. The zero-order valence-corrected chi connectivity index (χ0v) is 13.0. The number of nitrogens with one attached hydrogen (secondary N) is 2. The molecule has 1 aromatic carbocycles. The third-order valence-electron chi connectivity index (χ3n) is 3.02. The molecule has 0 saturated carbocycles. The number of nitrogens with zero attached hydrogens (tertiary/aromatic N) is 2. The molecule has 0 saturated heterocycles. The lowest BCUT2D eigenvalue weighted by atomic mass is 10.2. The molecule has 0 fully saturated rings. The summed E-state index contributed by atoms with van der Waals surface area (Å²) in [6.07, 6.45) is 2.52. The molecular formula is C16H20N4O2. The summed E-state index contributed by atoms with van der Waals surface area (Å²) in [5.41, 5.74) is 1.95. The highest BCUT2D eigenvalue weighted by Crippen LogP contribution is 2.25. The van der Waals surface area contributed by atoms with Gasteiger partial charge in [-0.15, -0.1) is 0 Å². The predicted molar refractivity (Wildman–Crippen MR) is 86.5 cm³/mol. The van der Waals surface area contributed by atoms with Crippen LogP contribution in [-0.4, -0.2) is 29.5 Å². The molecule has 116 valence electrons. The van der Waals surface area contributed by atoms with Crippen molar-refractivity contribution in [2.24, 2.45) is 0 Å². The van der Waals surface area contributed by atoms with E-state index in [1.165, 1.54) is 0 Å². The van der Waals surface area contributed by atoms with Gasteiger partial charge in [-0.2, -0.15) is 0 Å². The second-order valence-corrected chi connectivity index (χ2v) is 4.85. The Morgan fingerprint density at radius 1 is 1.32 bits per heavy atom. The van der Waals surface area contributed by atoms with E-state index in [9.17, 15) is 4.79 Å². The SMILES string of the molecule is CCCNc1nccc(C(=O)Nc2cc(C)ccc2OC)n1. The summed E-state index contributed by atoms with van der Waals surface area (Å²) < 4.78 is 5.25. The topological polar surface area (TPSA) is 76.1 Å². The number of anilines is 2. The zero-order valence-electron chi connectivity index (χ0n) is 13.0. The van der Waals surface area contributed by atoms with Gasteiger partial charge in [0.2, 0.25) is 5.95 Å². The average molecular weight is 300 g/mol. The first kappa shape index (κ1) is 15.8. The van der Waals surface area contributed by atoms with E-state index < -0.39 is 0 Å². The first-order valence-electron chi connectivity index (χ1n) is 7.17. The Balaban J connectivity index is 2.17. The van der Waals surface area contributed by atoms with Crippen molar-refractivity contribution >= 4 is 17.5 Å². The fourth-order valence-electron chi connectivity index (χ4n) is 1.91. The largest absolute Gasteiger partial charge is 0.495 e. The van der Waals surface area contributed by atoms with Gasteiger partial charge in [0.1, 0.15) is 11.4 Å². The Morgan fingerprint density at radius 2 is 2.14 bits per heavy atom. The smallest absolute Gasteiger partial charge is 0.274 e. The molecule has 2 aromatic rings. The Labute approximate surface area is 129 Å². The third-order valence-corrected chi connectivity index (χ3v) is 3.02. The number of carbonyl (C=O) groups excluding carboxylic acids is 1. The highest BCUT2D eigenvalue weighted by atomic mass is 16.5. The second-order valence-electron chi connectivity index (χ2n) is 4.85. The molecule has 2 N–H and O–H groups in total. The van der Waals surface area contributed by atoms with Crippen molar-refractivity contribution in [2.45, 2.75) is 20.3 Å². The molecule has 22 heavy (non-hydrogen) atoms. The number of benzene rings is 1. The van der Waals surface area contributed by atoms with E-state index in [2.05, 4.69) is 20.6 Å². The van der Waals surface area contributed by atoms with Gasteiger partial charge in [0, 0.05) is 12.7 Å². The molecule has 0 aliphatic rings. The van der Waals surface area contributed by atoms with Crippen LogP contribution in [0.25, 0.3) is 0 Å². The lowest BCUT2D eigenvalue weighted by Gasteiger charge is -2.11. The quantitative estimate of drug-likeness (QED) is 0.858. The predicted octanol–water partition coefficient (Wildman–Crippen LogP) is 2.87. The third kappa shape index (κ3) is 3.94. The van der Waals surface area contributed by atoms with Crippen LogP contribution in [0.15, 0.2) is 30.5 Å². The maximum atomic E-state index is 12.3. The molecule has 0 spiro atoms. The van der Waals surface area contributed by atoms with Crippen LogP contribution in [0.4, 0.5) is 11.6 Å². The van der Waals surface area contributed by atoms with Crippen LogP contribution >= 0.6 is 0 Å². The summed E-state index contributed by atoms with van der Waals surface area (Å²) in [5.74, 6) is 0.758. The summed E-state index contributed by atoms with van der Waals surface area (Å²) in [6.45, 7) is 4.76. The number of carbonyl (C=O) groups is 1. The van der Waals surface area contributed by atoms with Crippen LogP contribution in [0.5, 0.6) is 5.75 Å². The minimum Gasteiger partial charge on any atom is -0.495 e. The van der Waals surface area contributed by atoms with E-state index in [-0.39, 0.29) is 5.91 Å². The summed E-state index contributed by atoms with van der Waals surface area (Å²) in [5, 5.41) is 5.88. The van der Waals surface area contributed by atoms with Crippen molar-refractivity contribution in [3.05, 3.63) is 41.7 Å². The number of ether oxygens (including phenoxy) is 1. The van der Waals surface area contributed by atoms with Crippen LogP contribution in [-0.2, 0) is 0 Å². The first-order chi connectivity index (χ1) is 10.6. The van der Waals surface area contributed by atoms with Crippen LogP contribution in [0.3, 0.4) is 0 Å². The molecule has 6 heteroatoms.